The quantitative estimate of drug-likeness (QED) is 0.589. The molecule has 0 aliphatic carbocycles. The first kappa shape index (κ1) is 20.6. The van der Waals surface area contributed by atoms with Crippen LogP contribution in [0.25, 0.3) is 0 Å². The van der Waals surface area contributed by atoms with Crippen molar-refractivity contribution in [3.8, 4) is 11.5 Å². The number of alkyl halides is 1. The molecule has 5 nitrogen and oxygen atoms in total. The number of amides is 1. The molecule has 3 aromatic rings. The number of anilines is 1. The van der Waals surface area contributed by atoms with Crippen molar-refractivity contribution in [1.29, 1.82) is 0 Å². The summed E-state index contributed by atoms with van der Waals surface area (Å²) in [5.41, 5.74) is 0.743. The van der Waals surface area contributed by atoms with E-state index in [1.165, 1.54) is 60.7 Å². The van der Waals surface area contributed by atoms with Gasteiger partial charge in [-0.15, -0.1) is 0 Å². The van der Waals surface area contributed by atoms with Gasteiger partial charge in [-0.2, -0.15) is 0 Å². The molecule has 0 bridgehead atoms. The Hall–Kier alpha value is -3.68. The zero-order valence-corrected chi connectivity index (χ0v) is 16.1. The summed E-state index contributed by atoms with van der Waals surface area (Å²) in [6, 6.07) is 14.9. The molecular formula is C23H18F3NO4. The van der Waals surface area contributed by atoms with E-state index < -0.39 is 42.7 Å². The predicted octanol–water partition coefficient (Wildman–Crippen LogP) is 5.15. The lowest BCUT2D eigenvalue weighted by atomic mass is 9.97. The number of carbonyl (C=O) groups is 1. The molecule has 0 radical (unpaired) electrons. The molecule has 31 heavy (non-hydrogen) atoms. The number of phenols is 1. The van der Waals surface area contributed by atoms with E-state index in [0.29, 0.717) is 5.56 Å². The Bertz CT molecular complexity index is 1040. The van der Waals surface area contributed by atoms with Crippen LogP contribution in [0, 0.1) is 11.6 Å². The van der Waals surface area contributed by atoms with Crippen LogP contribution in [0.2, 0.25) is 0 Å². The van der Waals surface area contributed by atoms with E-state index in [4.69, 9.17) is 9.47 Å². The highest BCUT2D eigenvalue weighted by molar-refractivity contribution is 5.91. The molecule has 1 heterocycles. The van der Waals surface area contributed by atoms with Gasteiger partial charge in [0.15, 0.2) is 12.3 Å². The summed E-state index contributed by atoms with van der Waals surface area (Å²) in [5, 5.41) is 9.54. The second kappa shape index (κ2) is 8.59. The van der Waals surface area contributed by atoms with Crippen LogP contribution in [0.3, 0.4) is 0 Å². The van der Waals surface area contributed by atoms with Crippen LogP contribution >= 0.6 is 0 Å². The Balaban J connectivity index is 1.63. The summed E-state index contributed by atoms with van der Waals surface area (Å²) in [7, 11) is 0. The minimum Gasteiger partial charge on any atom is -0.508 e. The van der Waals surface area contributed by atoms with E-state index >= 15 is 4.39 Å². The maximum atomic E-state index is 15.5. The minimum atomic E-state index is -1.71. The van der Waals surface area contributed by atoms with E-state index in [2.05, 4.69) is 0 Å². The van der Waals surface area contributed by atoms with Crippen molar-refractivity contribution in [3.05, 3.63) is 90.0 Å². The molecule has 1 amide bonds. The van der Waals surface area contributed by atoms with Gasteiger partial charge in [-0.1, -0.05) is 12.1 Å². The van der Waals surface area contributed by atoms with Gasteiger partial charge in [-0.05, 0) is 66.2 Å². The molecule has 1 aliphatic rings. The third kappa shape index (κ3) is 4.42. The summed E-state index contributed by atoms with van der Waals surface area (Å²) < 4.78 is 52.8. The number of hydrogen-bond donors (Lipinski definition) is 1. The maximum absolute atomic E-state index is 15.5. The Kier molecular flexibility index (Phi) is 5.70. The highest BCUT2D eigenvalue weighted by atomic mass is 19.1. The zero-order valence-electron chi connectivity index (χ0n) is 16.1. The number of carbonyl (C=O) groups excluding carboxylic acids is 1. The highest BCUT2D eigenvalue weighted by Gasteiger charge is 2.48. The molecule has 8 heteroatoms. The van der Waals surface area contributed by atoms with Gasteiger partial charge < -0.3 is 14.6 Å². The van der Waals surface area contributed by atoms with Gasteiger partial charge in [0, 0.05) is 5.69 Å². The SMILES string of the molecule is O=C1O[C@@H](c2ccc(O)cc2)[C@H](C(F)COc2ccc(F)cc2)N1c1ccc(F)cc1. The first-order valence-electron chi connectivity index (χ1n) is 9.49. The van der Waals surface area contributed by atoms with E-state index in [-0.39, 0.29) is 17.2 Å². The largest absolute Gasteiger partial charge is 0.508 e. The van der Waals surface area contributed by atoms with Crippen LogP contribution in [-0.4, -0.2) is 30.0 Å². The monoisotopic (exact) mass is 429 g/mol. The number of phenolic OH excluding ortho intramolecular Hbond substituents is 1. The average Bonchev–Trinajstić information content (AvgIpc) is 3.11. The lowest BCUT2D eigenvalue weighted by molar-refractivity contribution is 0.0975. The fourth-order valence-corrected chi connectivity index (χ4v) is 3.46. The molecule has 0 saturated carbocycles. The molecule has 1 unspecified atom stereocenters. The molecular weight excluding hydrogens is 411 g/mol. The average molecular weight is 429 g/mol. The highest BCUT2D eigenvalue weighted by Crippen LogP contribution is 2.39. The first-order chi connectivity index (χ1) is 14.9. The van der Waals surface area contributed by atoms with Crippen molar-refractivity contribution < 1.29 is 32.5 Å². The van der Waals surface area contributed by atoms with Gasteiger partial charge in [-0.25, -0.2) is 18.0 Å². The van der Waals surface area contributed by atoms with Crippen LogP contribution in [-0.2, 0) is 4.74 Å². The molecule has 1 N–H and O–H groups in total. The lowest BCUT2D eigenvalue weighted by Crippen LogP contribution is -2.43. The molecule has 3 atom stereocenters. The second-order valence-electron chi connectivity index (χ2n) is 7.01. The Morgan fingerprint density at radius 3 is 2.13 bits per heavy atom. The normalized spacial score (nSPS) is 19.2. The Labute approximate surface area is 176 Å². The standard InChI is InChI=1S/C23H18F3NO4/c24-15-3-7-17(8-4-15)27-21(20(26)13-30-19-11-5-16(25)6-12-19)22(31-23(27)29)14-1-9-18(28)10-2-14/h1-12,20-22,28H,13H2/t20?,21-,22-/m0/s1. The third-order valence-corrected chi connectivity index (χ3v) is 4.95. The summed E-state index contributed by atoms with van der Waals surface area (Å²) in [5.74, 6) is -0.673. The van der Waals surface area contributed by atoms with Crippen LogP contribution in [0.5, 0.6) is 11.5 Å². The van der Waals surface area contributed by atoms with Gasteiger partial charge in [0.2, 0.25) is 0 Å². The minimum absolute atomic E-state index is 0.0106. The number of rotatable bonds is 6. The predicted molar refractivity (Wildman–Crippen MR) is 107 cm³/mol. The maximum Gasteiger partial charge on any atom is 0.415 e. The number of cyclic esters (lactones) is 1. The van der Waals surface area contributed by atoms with E-state index in [0.717, 1.165) is 17.0 Å². The van der Waals surface area contributed by atoms with Gasteiger partial charge in [0.1, 0.15) is 35.8 Å². The van der Waals surface area contributed by atoms with E-state index in [1.54, 1.807) is 0 Å². The summed E-state index contributed by atoms with van der Waals surface area (Å²) >= 11 is 0. The molecule has 0 spiro atoms. The lowest BCUT2D eigenvalue weighted by Gasteiger charge is -2.27. The summed E-state index contributed by atoms with van der Waals surface area (Å²) in [6.07, 6.45) is -3.50. The van der Waals surface area contributed by atoms with Gasteiger partial charge >= 0.3 is 6.09 Å². The van der Waals surface area contributed by atoms with Gasteiger partial charge in [0.05, 0.1) is 0 Å². The number of nitrogens with zero attached hydrogens (tertiary/aromatic N) is 1. The van der Waals surface area contributed by atoms with Crippen molar-refractivity contribution in [2.45, 2.75) is 18.3 Å². The smallest absolute Gasteiger partial charge is 0.415 e. The fraction of sp³-hybridized carbons (Fsp3) is 0.174. The van der Waals surface area contributed by atoms with Crippen LogP contribution in [0.1, 0.15) is 11.7 Å². The van der Waals surface area contributed by atoms with Crippen LogP contribution in [0.4, 0.5) is 23.7 Å². The number of hydrogen-bond acceptors (Lipinski definition) is 4. The number of aromatic hydroxyl groups is 1. The van der Waals surface area contributed by atoms with E-state index in [1.807, 2.05) is 0 Å². The Morgan fingerprint density at radius 2 is 1.52 bits per heavy atom. The first-order valence-corrected chi connectivity index (χ1v) is 9.49. The van der Waals surface area contributed by atoms with Crippen LogP contribution < -0.4 is 9.64 Å². The zero-order chi connectivity index (χ0) is 22.0. The van der Waals surface area contributed by atoms with Crippen molar-refractivity contribution in [3.63, 3.8) is 0 Å². The molecule has 160 valence electrons. The van der Waals surface area contributed by atoms with Crippen molar-refractivity contribution in [1.82, 2.24) is 0 Å². The van der Waals surface area contributed by atoms with Crippen LogP contribution in [0.15, 0.2) is 72.8 Å². The van der Waals surface area contributed by atoms with Crippen molar-refractivity contribution >= 4 is 11.8 Å². The van der Waals surface area contributed by atoms with E-state index in [9.17, 15) is 18.7 Å². The Morgan fingerprint density at radius 1 is 0.935 bits per heavy atom. The van der Waals surface area contributed by atoms with Gasteiger partial charge in [0.25, 0.3) is 0 Å². The number of halogens is 3. The molecule has 0 aromatic heterocycles. The summed E-state index contributed by atoms with van der Waals surface area (Å²) in [4.78, 5) is 13.8. The molecule has 1 saturated heterocycles. The summed E-state index contributed by atoms with van der Waals surface area (Å²) in [6.45, 7) is -0.431. The fourth-order valence-electron chi connectivity index (χ4n) is 3.46. The topological polar surface area (TPSA) is 59.0 Å². The molecule has 4 rings (SSSR count). The van der Waals surface area contributed by atoms with Gasteiger partial charge in [-0.3, -0.25) is 4.90 Å². The van der Waals surface area contributed by atoms with Crippen molar-refractivity contribution in [2.24, 2.45) is 0 Å². The molecule has 1 fully saturated rings. The second-order valence-corrected chi connectivity index (χ2v) is 7.01. The third-order valence-electron chi connectivity index (χ3n) is 4.95. The molecule has 3 aromatic carbocycles. The number of ether oxygens (including phenoxy) is 2. The van der Waals surface area contributed by atoms with Crippen molar-refractivity contribution in [2.75, 3.05) is 11.5 Å². The molecule has 1 aliphatic heterocycles. The number of benzene rings is 3.